The number of likely N-dealkylation sites (tertiary alicyclic amines) is 1. The van der Waals surface area contributed by atoms with Crippen molar-refractivity contribution in [1.29, 1.82) is 0 Å². The van der Waals surface area contributed by atoms with Crippen LogP contribution in [0.15, 0.2) is 24.5 Å². The molecule has 128 valence electrons. The first-order valence-electron chi connectivity index (χ1n) is 8.94. The smallest absolute Gasteiger partial charge is 0.228 e. The summed E-state index contributed by atoms with van der Waals surface area (Å²) >= 11 is 0. The van der Waals surface area contributed by atoms with Gasteiger partial charge in [-0.3, -0.25) is 4.79 Å². The summed E-state index contributed by atoms with van der Waals surface area (Å²) in [5.74, 6) is 0.222. The van der Waals surface area contributed by atoms with Crippen LogP contribution < -0.4 is 0 Å². The molecule has 4 heterocycles. The minimum atomic E-state index is 0.222. The van der Waals surface area contributed by atoms with Gasteiger partial charge in [-0.05, 0) is 49.7 Å². The zero-order valence-corrected chi connectivity index (χ0v) is 14.3. The van der Waals surface area contributed by atoms with Gasteiger partial charge in [0.2, 0.25) is 5.91 Å². The van der Waals surface area contributed by atoms with Crippen LogP contribution in [0.2, 0.25) is 0 Å². The minimum Gasteiger partial charge on any atom is -0.381 e. The van der Waals surface area contributed by atoms with Gasteiger partial charge in [0.1, 0.15) is 5.65 Å². The largest absolute Gasteiger partial charge is 0.381 e. The number of amides is 1. The number of ether oxygens (including phenoxy) is 1. The second-order valence-electron chi connectivity index (χ2n) is 7.30. The number of pyridine rings is 1. The third-order valence-corrected chi connectivity index (χ3v) is 5.87. The van der Waals surface area contributed by atoms with E-state index in [1.165, 1.54) is 0 Å². The fourth-order valence-corrected chi connectivity index (χ4v) is 4.13. The van der Waals surface area contributed by atoms with Crippen LogP contribution in [0.4, 0.5) is 0 Å². The molecule has 2 aromatic rings. The lowest BCUT2D eigenvalue weighted by atomic mass is 9.72. The fourth-order valence-electron chi connectivity index (χ4n) is 4.13. The number of nitrogens with zero attached hydrogens (tertiary/aromatic N) is 3. The van der Waals surface area contributed by atoms with Gasteiger partial charge in [0, 0.05) is 38.7 Å². The lowest BCUT2D eigenvalue weighted by molar-refractivity contribution is -0.134. The number of aromatic nitrogens is 2. The number of carbonyl (C=O) groups is 1. The maximum absolute atomic E-state index is 12.7. The molecule has 0 N–H and O–H groups in total. The first kappa shape index (κ1) is 15.6. The molecule has 2 saturated heterocycles. The molecule has 2 aliphatic heterocycles. The maximum Gasteiger partial charge on any atom is 0.228 e. The number of hydrogen-bond acceptors (Lipinski definition) is 3. The Morgan fingerprint density at radius 3 is 2.75 bits per heavy atom. The number of rotatable bonds is 2. The molecule has 1 spiro atoms. The molecule has 2 fully saturated rings. The Morgan fingerprint density at radius 1 is 1.25 bits per heavy atom. The molecule has 2 aromatic heterocycles. The van der Waals surface area contributed by atoms with Gasteiger partial charge in [-0.25, -0.2) is 4.98 Å². The Morgan fingerprint density at radius 2 is 2.00 bits per heavy atom. The van der Waals surface area contributed by atoms with E-state index in [2.05, 4.69) is 4.98 Å². The first-order valence-corrected chi connectivity index (χ1v) is 8.94. The monoisotopic (exact) mass is 327 g/mol. The summed E-state index contributed by atoms with van der Waals surface area (Å²) in [7, 11) is 0. The van der Waals surface area contributed by atoms with Crippen LogP contribution in [-0.4, -0.2) is 46.5 Å². The molecule has 0 unspecified atom stereocenters. The van der Waals surface area contributed by atoms with Crippen molar-refractivity contribution >= 4 is 11.6 Å². The first-order chi connectivity index (χ1) is 11.7. The van der Waals surface area contributed by atoms with Crippen LogP contribution in [0.3, 0.4) is 0 Å². The van der Waals surface area contributed by atoms with Gasteiger partial charge in [0.25, 0.3) is 0 Å². The summed E-state index contributed by atoms with van der Waals surface area (Å²) in [5, 5.41) is 0. The molecular formula is C19H25N3O2. The van der Waals surface area contributed by atoms with E-state index in [9.17, 15) is 4.79 Å². The Labute approximate surface area is 142 Å². The molecule has 24 heavy (non-hydrogen) atoms. The summed E-state index contributed by atoms with van der Waals surface area (Å²) in [6.45, 7) is 5.58. The Balaban J connectivity index is 1.42. The number of aryl methyl sites for hydroxylation is 1. The van der Waals surface area contributed by atoms with Crippen molar-refractivity contribution in [2.75, 3.05) is 26.3 Å². The summed E-state index contributed by atoms with van der Waals surface area (Å²) in [6, 6.07) is 4.06. The fraction of sp³-hybridized carbons (Fsp3) is 0.579. The predicted octanol–water partition coefficient (Wildman–Crippen LogP) is 2.60. The van der Waals surface area contributed by atoms with E-state index in [1.807, 2.05) is 40.8 Å². The molecule has 2 aliphatic rings. The Bertz CT molecular complexity index is 736. The van der Waals surface area contributed by atoms with Gasteiger partial charge in [-0.1, -0.05) is 6.07 Å². The summed E-state index contributed by atoms with van der Waals surface area (Å²) < 4.78 is 7.54. The van der Waals surface area contributed by atoms with Crippen molar-refractivity contribution < 1.29 is 9.53 Å². The third-order valence-electron chi connectivity index (χ3n) is 5.87. The van der Waals surface area contributed by atoms with Crippen LogP contribution in [0.1, 0.15) is 36.9 Å². The van der Waals surface area contributed by atoms with Crippen molar-refractivity contribution in [3.05, 3.63) is 35.8 Å². The molecule has 5 heteroatoms. The standard InChI is InChI=1S/C19H25N3O2/c1-15-3-2-8-22-16(14-20-18(15)22)13-17(23)21-9-4-19(5-10-21)6-11-24-12-7-19/h2-3,8,14H,4-7,9-13H2,1H3. The lowest BCUT2D eigenvalue weighted by Crippen LogP contribution is -2.45. The molecule has 5 nitrogen and oxygen atoms in total. The predicted molar refractivity (Wildman–Crippen MR) is 91.9 cm³/mol. The summed E-state index contributed by atoms with van der Waals surface area (Å²) in [4.78, 5) is 19.2. The minimum absolute atomic E-state index is 0.222. The van der Waals surface area contributed by atoms with Crippen molar-refractivity contribution in [2.24, 2.45) is 5.41 Å². The molecule has 0 radical (unpaired) electrons. The van der Waals surface area contributed by atoms with E-state index < -0.39 is 0 Å². The zero-order valence-electron chi connectivity index (χ0n) is 14.3. The molecule has 0 aliphatic carbocycles. The number of carbonyl (C=O) groups excluding carboxylic acids is 1. The van der Waals surface area contributed by atoms with Crippen LogP contribution in [0.25, 0.3) is 5.65 Å². The van der Waals surface area contributed by atoms with Gasteiger partial charge in [0.05, 0.1) is 12.1 Å². The number of hydrogen-bond donors (Lipinski definition) is 0. The molecule has 0 saturated carbocycles. The van der Waals surface area contributed by atoms with E-state index in [1.54, 1.807) is 0 Å². The molecule has 4 rings (SSSR count). The van der Waals surface area contributed by atoms with Crippen LogP contribution in [0.5, 0.6) is 0 Å². The van der Waals surface area contributed by atoms with Crippen molar-refractivity contribution in [1.82, 2.24) is 14.3 Å². The zero-order chi connectivity index (χ0) is 16.6. The highest BCUT2D eigenvalue weighted by atomic mass is 16.5. The molecule has 1 amide bonds. The average Bonchev–Trinajstić information content (AvgIpc) is 3.01. The lowest BCUT2D eigenvalue weighted by Gasteiger charge is -2.44. The van der Waals surface area contributed by atoms with Crippen LogP contribution >= 0.6 is 0 Å². The molecular weight excluding hydrogens is 302 g/mol. The summed E-state index contributed by atoms with van der Waals surface area (Å²) in [5.41, 5.74) is 3.48. The SMILES string of the molecule is Cc1cccn2c(CC(=O)N3CCC4(CCOCC4)CC3)cnc12. The highest BCUT2D eigenvalue weighted by Crippen LogP contribution is 2.40. The van der Waals surface area contributed by atoms with E-state index in [-0.39, 0.29) is 5.91 Å². The number of imidazole rings is 1. The van der Waals surface area contributed by atoms with Gasteiger partial charge in [0.15, 0.2) is 0 Å². The van der Waals surface area contributed by atoms with Crippen molar-refractivity contribution in [3.63, 3.8) is 0 Å². The van der Waals surface area contributed by atoms with E-state index in [0.717, 1.165) is 68.9 Å². The van der Waals surface area contributed by atoms with E-state index >= 15 is 0 Å². The quantitative estimate of drug-likeness (QED) is 0.852. The highest BCUT2D eigenvalue weighted by molar-refractivity contribution is 5.78. The second-order valence-corrected chi connectivity index (χ2v) is 7.30. The van der Waals surface area contributed by atoms with Crippen molar-refractivity contribution in [3.8, 4) is 0 Å². The number of fused-ring (bicyclic) bond motifs is 1. The maximum atomic E-state index is 12.7. The van der Waals surface area contributed by atoms with Gasteiger partial charge in [-0.2, -0.15) is 0 Å². The number of piperidine rings is 1. The molecule has 0 aromatic carbocycles. The molecule has 0 bridgehead atoms. The topological polar surface area (TPSA) is 46.8 Å². The van der Waals surface area contributed by atoms with Crippen LogP contribution in [0, 0.1) is 12.3 Å². The van der Waals surface area contributed by atoms with Gasteiger partial charge in [-0.15, -0.1) is 0 Å². The van der Waals surface area contributed by atoms with Crippen molar-refractivity contribution in [2.45, 2.75) is 39.0 Å². The molecule has 0 atom stereocenters. The Kier molecular flexibility index (Phi) is 4.04. The van der Waals surface area contributed by atoms with Gasteiger partial charge < -0.3 is 14.0 Å². The van der Waals surface area contributed by atoms with Crippen LogP contribution in [-0.2, 0) is 16.0 Å². The normalized spacial score (nSPS) is 20.6. The summed E-state index contributed by atoms with van der Waals surface area (Å²) in [6.07, 6.45) is 8.81. The van der Waals surface area contributed by atoms with E-state index in [4.69, 9.17) is 4.74 Å². The van der Waals surface area contributed by atoms with E-state index in [0.29, 0.717) is 11.8 Å². The third kappa shape index (κ3) is 2.81. The highest BCUT2D eigenvalue weighted by Gasteiger charge is 2.37. The Hall–Kier alpha value is -1.88. The average molecular weight is 327 g/mol. The van der Waals surface area contributed by atoms with Gasteiger partial charge >= 0.3 is 0 Å². The second kappa shape index (κ2) is 6.20.